The normalized spacial score (nSPS) is 18.7. The standard InChI is InChI=1S/C16H16N6O2S/c1-10-13-15(18-11-6-8-25(23,24)9-11)19-14(12-5-3-4-7-17-12)20-16(13)22(2)21-10/h3-8,11H,9H2,1-2H3,(H,18,19,20). The number of aromatic nitrogens is 5. The van der Waals surface area contributed by atoms with Crippen molar-refractivity contribution in [2.75, 3.05) is 11.1 Å². The van der Waals surface area contributed by atoms with Crippen LogP contribution in [0.15, 0.2) is 35.9 Å². The molecule has 0 radical (unpaired) electrons. The lowest BCUT2D eigenvalue weighted by molar-refractivity contribution is 0.605. The Balaban J connectivity index is 1.85. The summed E-state index contributed by atoms with van der Waals surface area (Å²) in [5, 5.41) is 9.62. The molecule has 0 saturated heterocycles. The van der Waals surface area contributed by atoms with Gasteiger partial charge in [-0.3, -0.25) is 9.67 Å². The van der Waals surface area contributed by atoms with E-state index in [1.807, 2.05) is 32.2 Å². The molecule has 0 saturated carbocycles. The third kappa shape index (κ3) is 2.86. The predicted octanol–water partition coefficient (Wildman–Crippen LogP) is 1.46. The highest BCUT2D eigenvalue weighted by atomic mass is 32.2. The topological polar surface area (TPSA) is 103 Å². The van der Waals surface area contributed by atoms with Gasteiger partial charge in [0, 0.05) is 18.7 Å². The van der Waals surface area contributed by atoms with Crippen LogP contribution in [0.3, 0.4) is 0 Å². The third-order valence-corrected chi connectivity index (χ3v) is 5.40. The Kier molecular flexibility index (Phi) is 3.53. The fraction of sp³-hybridized carbons (Fsp3) is 0.250. The minimum atomic E-state index is -3.16. The SMILES string of the molecule is Cc1nn(C)c2nc(-c3ccccn3)nc(NC3C=CS(=O)(=O)C3)c12. The van der Waals surface area contributed by atoms with Gasteiger partial charge in [0.1, 0.15) is 11.5 Å². The van der Waals surface area contributed by atoms with Gasteiger partial charge in [0.05, 0.1) is 22.9 Å². The van der Waals surface area contributed by atoms with Crippen LogP contribution in [0.5, 0.6) is 0 Å². The summed E-state index contributed by atoms with van der Waals surface area (Å²) in [6, 6.07) is 5.18. The summed E-state index contributed by atoms with van der Waals surface area (Å²) in [5.74, 6) is 1.03. The van der Waals surface area contributed by atoms with Gasteiger partial charge in [0.2, 0.25) is 0 Å². The Hall–Kier alpha value is -2.81. The van der Waals surface area contributed by atoms with E-state index >= 15 is 0 Å². The first-order valence-electron chi connectivity index (χ1n) is 7.73. The Morgan fingerprint density at radius 3 is 2.80 bits per heavy atom. The number of nitrogens with one attached hydrogen (secondary N) is 1. The van der Waals surface area contributed by atoms with Gasteiger partial charge in [-0.2, -0.15) is 5.10 Å². The van der Waals surface area contributed by atoms with Crippen molar-refractivity contribution in [3.05, 3.63) is 41.6 Å². The molecular weight excluding hydrogens is 340 g/mol. The van der Waals surface area contributed by atoms with Crippen molar-refractivity contribution in [2.24, 2.45) is 7.05 Å². The predicted molar refractivity (Wildman–Crippen MR) is 94.6 cm³/mol. The van der Waals surface area contributed by atoms with Gasteiger partial charge in [-0.05, 0) is 25.1 Å². The van der Waals surface area contributed by atoms with Crippen molar-refractivity contribution in [1.29, 1.82) is 0 Å². The van der Waals surface area contributed by atoms with Crippen LogP contribution in [0.25, 0.3) is 22.6 Å². The molecule has 1 atom stereocenters. The second kappa shape index (κ2) is 5.62. The van der Waals surface area contributed by atoms with Gasteiger partial charge in [0.25, 0.3) is 0 Å². The van der Waals surface area contributed by atoms with E-state index in [9.17, 15) is 8.42 Å². The second-order valence-electron chi connectivity index (χ2n) is 5.93. The van der Waals surface area contributed by atoms with Crippen LogP contribution in [0.4, 0.5) is 5.82 Å². The molecule has 9 heteroatoms. The van der Waals surface area contributed by atoms with Gasteiger partial charge in [-0.25, -0.2) is 18.4 Å². The molecule has 1 N–H and O–H groups in total. The van der Waals surface area contributed by atoms with Crippen molar-refractivity contribution >= 4 is 26.7 Å². The number of sulfone groups is 1. The molecule has 8 nitrogen and oxygen atoms in total. The zero-order chi connectivity index (χ0) is 17.6. The van der Waals surface area contributed by atoms with Crippen molar-refractivity contribution < 1.29 is 8.42 Å². The molecule has 1 aliphatic rings. The Morgan fingerprint density at radius 1 is 1.28 bits per heavy atom. The molecule has 0 bridgehead atoms. The first-order chi connectivity index (χ1) is 11.9. The lowest BCUT2D eigenvalue weighted by Crippen LogP contribution is -2.22. The highest BCUT2D eigenvalue weighted by Gasteiger charge is 2.24. The number of hydrogen-bond acceptors (Lipinski definition) is 7. The highest BCUT2D eigenvalue weighted by Crippen LogP contribution is 2.27. The lowest BCUT2D eigenvalue weighted by Gasteiger charge is -2.13. The second-order valence-corrected chi connectivity index (χ2v) is 7.86. The molecule has 1 aliphatic heterocycles. The average molecular weight is 356 g/mol. The molecule has 3 aromatic heterocycles. The van der Waals surface area contributed by atoms with Gasteiger partial charge in [-0.15, -0.1) is 0 Å². The molecule has 128 valence electrons. The third-order valence-electron chi connectivity index (χ3n) is 4.00. The van der Waals surface area contributed by atoms with Crippen molar-refractivity contribution in [3.8, 4) is 11.5 Å². The summed E-state index contributed by atoms with van der Waals surface area (Å²) in [6.07, 6.45) is 3.31. The van der Waals surface area contributed by atoms with Crippen LogP contribution < -0.4 is 5.32 Å². The zero-order valence-corrected chi connectivity index (χ0v) is 14.5. The number of pyridine rings is 1. The molecule has 0 amide bonds. The monoisotopic (exact) mass is 356 g/mol. The average Bonchev–Trinajstić information content (AvgIpc) is 3.07. The number of rotatable bonds is 3. The van der Waals surface area contributed by atoms with Gasteiger partial charge in [0.15, 0.2) is 21.3 Å². The minimum Gasteiger partial charge on any atom is -0.362 e. The fourth-order valence-electron chi connectivity index (χ4n) is 2.89. The minimum absolute atomic E-state index is 0.0106. The summed E-state index contributed by atoms with van der Waals surface area (Å²) in [5.41, 5.74) is 2.08. The molecule has 0 spiro atoms. The summed E-state index contributed by atoms with van der Waals surface area (Å²) >= 11 is 0. The van der Waals surface area contributed by atoms with E-state index in [-0.39, 0.29) is 11.8 Å². The fourth-order valence-corrected chi connectivity index (χ4v) is 4.13. The van der Waals surface area contributed by atoms with Gasteiger partial charge >= 0.3 is 0 Å². The Labute approximate surface area is 144 Å². The van der Waals surface area contributed by atoms with E-state index in [1.54, 1.807) is 17.0 Å². The first kappa shape index (κ1) is 15.7. The summed E-state index contributed by atoms with van der Waals surface area (Å²) < 4.78 is 25.0. The number of aryl methyl sites for hydroxylation is 2. The molecule has 1 unspecified atom stereocenters. The van der Waals surface area contributed by atoms with Gasteiger partial charge < -0.3 is 5.32 Å². The first-order valence-corrected chi connectivity index (χ1v) is 9.45. The molecule has 0 fully saturated rings. The zero-order valence-electron chi connectivity index (χ0n) is 13.7. The molecule has 3 aromatic rings. The van der Waals surface area contributed by atoms with E-state index in [0.717, 1.165) is 11.1 Å². The van der Waals surface area contributed by atoms with Gasteiger partial charge in [-0.1, -0.05) is 6.07 Å². The van der Waals surface area contributed by atoms with E-state index in [2.05, 4.69) is 25.4 Å². The molecule has 4 heterocycles. The Bertz CT molecular complexity index is 1090. The van der Waals surface area contributed by atoms with Crippen LogP contribution in [0.2, 0.25) is 0 Å². The maximum atomic E-state index is 11.7. The largest absolute Gasteiger partial charge is 0.362 e. The molecule has 0 aromatic carbocycles. The van der Waals surface area contributed by atoms with E-state index in [4.69, 9.17) is 0 Å². The van der Waals surface area contributed by atoms with Crippen LogP contribution >= 0.6 is 0 Å². The van der Waals surface area contributed by atoms with Crippen molar-refractivity contribution in [1.82, 2.24) is 24.7 Å². The number of anilines is 1. The quantitative estimate of drug-likeness (QED) is 0.758. The highest BCUT2D eigenvalue weighted by molar-refractivity contribution is 7.94. The molecule has 0 aliphatic carbocycles. The number of hydrogen-bond donors (Lipinski definition) is 1. The molecule has 25 heavy (non-hydrogen) atoms. The maximum Gasteiger partial charge on any atom is 0.182 e. The summed E-state index contributed by atoms with van der Waals surface area (Å²) in [7, 11) is -1.34. The van der Waals surface area contributed by atoms with E-state index < -0.39 is 9.84 Å². The summed E-state index contributed by atoms with van der Waals surface area (Å²) in [4.78, 5) is 13.5. The number of fused-ring (bicyclic) bond motifs is 1. The van der Waals surface area contributed by atoms with E-state index in [1.165, 1.54) is 5.41 Å². The molecular formula is C16H16N6O2S. The van der Waals surface area contributed by atoms with Crippen LogP contribution in [0, 0.1) is 6.92 Å². The maximum absolute atomic E-state index is 11.7. The van der Waals surface area contributed by atoms with Crippen molar-refractivity contribution in [3.63, 3.8) is 0 Å². The molecule has 4 rings (SSSR count). The van der Waals surface area contributed by atoms with Crippen LogP contribution in [-0.2, 0) is 16.9 Å². The van der Waals surface area contributed by atoms with E-state index in [0.29, 0.717) is 23.0 Å². The lowest BCUT2D eigenvalue weighted by atomic mass is 10.2. The van der Waals surface area contributed by atoms with Crippen LogP contribution in [0.1, 0.15) is 5.69 Å². The van der Waals surface area contributed by atoms with Crippen LogP contribution in [-0.4, -0.2) is 44.9 Å². The Morgan fingerprint density at radius 2 is 2.12 bits per heavy atom. The smallest absolute Gasteiger partial charge is 0.182 e. The van der Waals surface area contributed by atoms with Crippen molar-refractivity contribution in [2.45, 2.75) is 13.0 Å². The number of nitrogens with zero attached hydrogens (tertiary/aromatic N) is 5. The summed E-state index contributed by atoms with van der Waals surface area (Å²) in [6.45, 7) is 1.87.